The third-order valence-electron chi connectivity index (χ3n) is 7.59. The molecule has 0 radical (unpaired) electrons. The summed E-state index contributed by atoms with van der Waals surface area (Å²) in [5.74, 6) is -0.122. The maximum Gasteiger partial charge on any atom is 0.405 e. The maximum atomic E-state index is 13.6. The van der Waals surface area contributed by atoms with Gasteiger partial charge in [0.25, 0.3) is 5.91 Å². The van der Waals surface area contributed by atoms with Crippen molar-refractivity contribution in [1.82, 2.24) is 9.78 Å². The first-order valence-electron chi connectivity index (χ1n) is 14.6. The van der Waals surface area contributed by atoms with E-state index < -0.39 is 41.3 Å². The molecule has 6 N–H and O–H groups in total. The molecule has 1 heterocycles. The molecule has 0 bridgehead atoms. The Bertz CT molecular complexity index is 1490. The number of carbonyl (C=O) groups excluding carboxylic acids is 3. The number of aromatic nitrogens is 2. The SMILES string of the molecule is Cn1ncc(NC(=O)C(CCC(OC(N)=O)C(C)(C)C)OC(N)=O)c1NC(c1ccccc1)(c1ccccc1)c1ccccc1. The fraction of sp³-hybridized carbons (Fsp3) is 0.294. The molecule has 0 saturated carbocycles. The number of rotatable bonds is 12. The average Bonchev–Trinajstić information content (AvgIpc) is 3.35. The molecule has 2 unspecified atom stereocenters. The van der Waals surface area contributed by atoms with Crippen molar-refractivity contribution >= 4 is 29.6 Å². The molecule has 4 aromatic rings. The molecule has 11 nitrogen and oxygen atoms in total. The molecule has 0 aliphatic rings. The van der Waals surface area contributed by atoms with Gasteiger partial charge in [-0.05, 0) is 34.9 Å². The number of amides is 3. The Morgan fingerprint density at radius 2 is 1.24 bits per heavy atom. The molecule has 0 aliphatic carbocycles. The van der Waals surface area contributed by atoms with Crippen LogP contribution in [0.3, 0.4) is 0 Å². The predicted octanol–water partition coefficient (Wildman–Crippen LogP) is 5.52. The number of carbonyl (C=O) groups is 3. The fourth-order valence-electron chi connectivity index (χ4n) is 5.34. The highest BCUT2D eigenvalue weighted by Crippen LogP contribution is 2.41. The number of hydrogen-bond donors (Lipinski definition) is 4. The van der Waals surface area contributed by atoms with Gasteiger partial charge in [-0.15, -0.1) is 0 Å². The van der Waals surface area contributed by atoms with E-state index in [9.17, 15) is 14.4 Å². The number of benzene rings is 3. The molecule has 0 aliphatic heterocycles. The molecule has 0 spiro atoms. The lowest BCUT2D eigenvalue weighted by molar-refractivity contribution is -0.124. The van der Waals surface area contributed by atoms with Crippen molar-refractivity contribution in [1.29, 1.82) is 0 Å². The third-order valence-corrected chi connectivity index (χ3v) is 7.59. The van der Waals surface area contributed by atoms with Crippen LogP contribution in [0.25, 0.3) is 0 Å². The molecule has 11 heteroatoms. The van der Waals surface area contributed by atoms with Crippen LogP contribution in [0, 0.1) is 5.41 Å². The zero-order valence-corrected chi connectivity index (χ0v) is 25.9. The Morgan fingerprint density at radius 3 is 1.67 bits per heavy atom. The first kappa shape index (κ1) is 32.6. The normalized spacial score (nSPS) is 12.9. The van der Waals surface area contributed by atoms with E-state index in [1.807, 2.05) is 112 Å². The summed E-state index contributed by atoms with van der Waals surface area (Å²) >= 11 is 0. The van der Waals surface area contributed by atoms with Gasteiger partial charge < -0.3 is 31.6 Å². The van der Waals surface area contributed by atoms with Crippen LogP contribution in [-0.4, -0.2) is 40.1 Å². The molecule has 3 amide bonds. The monoisotopic (exact) mass is 612 g/mol. The quantitative estimate of drug-likeness (QED) is 0.153. The number of nitrogens with one attached hydrogen (secondary N) is 2. The first-order chi connectivity index (χ1) is 21.4. The second kappa shape index (κ2) is 14.0. The van der Waals surface area contributed by atoms with Crippen molar-refractivity contribution in [2.24, 2.45) is 23.9 Å². The number of aryl methyl sites for hydroxylation is 1. The van der Waals surface area contributed by atoms with Crippen molar-refractivity contribution in [3.8, 4) is 0 Å². The van der Waals surface area contributed by atoms with Gasteiger partial charge >= 0.3 is 12.2 Å². The average molecular weight is 613 g/mol. The lowest BCUT2D eigenvalue weighted by Crippen LogP contribution is -2.40. The standard InChI is InChI=1S/C34H40N6O5/c1-33(2,3)28(45-32(36)43)21-20-27(44-31(35)42)30(41)38-26-22-37-40(4)29(26)39-34(23-14-8-5-9-15-23,24-16-10-6-11-17-24)25-18-12-7-13-19-25/h5-19,22,27-28,39H,20-21H2,1-4H3,(H2,35,42)(H2,36,43)(H,38,41). The van der Waals surface area contributed by atoms with E-state index in [4.69, 9.17) is 20.9 Å². The number of anilines is 2. The van der Waals surface area contributed by atoms with Crippen LogP contribution in [-0.2, 0) is 26.9 Å². The molecular weight excluding hydrogens is 572 g/mol. The van der Waals surface area contributed by atoms with Crippen LogP contribution in [0.15, 0.2) is 97.2 Å². The highest BCUT2D eigenvalue weighted by Gasteiger charge is 2.38. The van der Waals surface area contributed by atoms with E-state index in [-0.39, 0.29) is 12.8 Å². The largest absolute Gasteiger partial charge is 0.446 e. The van der Waals surface area contributed by atoms with E-state index in [2.05, 4.69) is 15.7 Å². The van der Waals surface area contributed by atoms with Gasteiger partial charge in [0.1, 0.15) is 23.1 Å². The van der Waals surface area contributed by atoms with Gasteiger partial charge in [-0.25, -0.2) is 9.59 Å². The van der Waals surface area contributed by atoms with Crippen LogP contribution >= 0.6 is 0 Å². The minimum atomic E-state index is -1.28. The highest BCUT2D eigenvalue weighted by atomic mass is 16.6. The van der Waals surface area contributed by atoms with Crippen molar-refractivity contribution in [2.75, 3.05) is 10.6 Å². The lowest BCUT2D eigenvalue weighted by atomic mass is 9.77. The van der Waals surface area contributed by atoms with Gasteiger partial charge in [-0.3, -0.25) is 9.48 Å². The number of nitrogens with two attached hydrogens (primary N) is 2. The second-order valence-electron chi connectivity index (χ2n) is 11.8. The zero-order chi connectivity index (χ0) is 32.6. The van der Waals surface area contributed by atoms with E-state index in [1.165, 1.54) is 6.20 Å². The van der Waals surface area contributed by atoms with Crippen LogP contribution in [0.4, 0.5) is 21.1 Å². The van der Waals surface area contributed by atoms with Gasteiger partial charge in [0, 0.05) is 7.05 Å². The highest BCUT2D eigenvalue weighted by molar-refractivity contribution is 5.97. The van der Waals surface area contributed by atoms with E-state index in [1.54, 1.807) is 11.7 Å². The maximum absolute atomic E-state index is 13.6. The van der Waals surface area contributed by atoms with Crippen molar-refractivity contribution < 1.29 is 23.9 Å². The molecule has 1 aromatic heterocycles. The molecule has 0 saturated heterocycles. The Labute approximate surface area is 262 Å². The second-order valence-corrected chi connectivity index (χ2v) is 11.8. The van der Waals surface area contributed by atoms with Gasteiger partial charge in [-0.1, -0.05) is 112 Å². The molecule has 236 valence electrons. The van der Waals surface area contributed by atoms with Gasteiger partial charge in [0.15, 0.2) is 6.10 Å². The Hall–Kier alpha value is -5.32. The summed E-state index contributed by atoms with van der Waals surface area (Å²) in [7, 11) is 1.76. The molecule has 4 rings (SSSR count). The van der Waals surface area contributed by atoms with Crippen LogP contribution < -0.4 is 22.1 Å². The molecule has 45 heavy (non-hydrogen) atoms. The minimum absolute atomic E-state index is 0.0228. The summed E-state index contributed by atoms with van der Waals surface area (Å²) < 4.78 is 12.1. The summed E-state index contributed by atoms with van der Waals surface area (Å²) in [5, 5.41) is 11.0. The van der Waals surface area contributed by atoms with E-state index in [0.29, 0.717) is 11.5 Å². The number of nitrogens with zero attached hydrogens (tertiary/aromatic N) is 2. The lowest BCUT2D eigenvalue weighted by Gasteiger charge is -2.38. The topological polar surface area (TPSA) is 164 Å². The molecule has 0 fully saturated rings. The van der Waals surface area contributed by atoms with E-state index >= 15 is 0 Å². The van der Waals surface area contributed by atoms with E-state index in [0.717, 1.165) is 16.7 Å². The van der Waals surface area contributed by atoms with Gasteiger partial charge in [0.05, 0.1) is 6.20 Å². The predicted molar refractivity (Wildman–Crippen MR) is 172 cm³/mol. The summed E-state index contributed by atoms with van der Waals surface area (Å²) in [6, 6.07) is 30.0. The molecule has 2 atom stereocenters. The van der Waals surface area contributed by atoms with Crippen LogP contribution in [0.5, 0.6) is 0 Å². The van der Waals surface area contributed by atoms with Crippen LogP contribution in [0.1, 0.15) is 50.3 Å². The summed E-state index contributed by atoms with van der Waals surface area (Å²) in [5.41, 5.74) is 12.4. The minimum Gasteiger partial charge on any atom is -0.446 e. The summed E-state index contributed by atoms with van der Waals surface area (Å²) in [6.45, 7) is 5.62. The Morgan fingerprint density at radius 1 is 0.778 bits per heavy atom. The molecule has 3 aromatic carbocycles. The summed E-state index contributed by atoms with van der Waals surface area (Å²) in [6.07, 6.45) is -2.24. The Balaban J connectivity index is 1.72. The smallest absolute Gasteiger partial charge is 0.405 e. The van der Waals surface area contributed by atoms with Gasteiger partial charge in [-0.2, -0.15) is 5.10 Å². The van der Waals surface area contributed by atoms with Crippen molar-refractivity contribution in [2.45, 2.75) is 51.4 Å². The fourth-order valence-corrected chi connectivity index (χ4v) is 5.34. The number of ether oxygens (including phenoxy) is 2. The Kier molecular flexibility index (Phi) is 10.1. The van der Waals surface area contributed by atoms with Gasteiger partial charge in [0.2, 0.25) is 0 Å². The van der Waals surface area contributed by atoms with Crippen LogP contribution in [0.2, 0.25) is 0 Å². The number of hydrogen-bond acceptors (Lipinski definition) is 7. The number of primary amides is 2. The zero-order valence-electron chi connectivity index (χ0n) is 25.9. The summed E-state index contributed by atoms with van der Waals surface area (Å²) in [4.78, 5) is 36.9. The van der Waals surface area contributed by atoms with Crippen molar-refractivity contribution in [3.05, 3.63) is 114 Å². The first-order valence-corrected chi connectivity index (χ1v) is 14.6. The third kappa shape index (κ3) is 7.80. The van der Waals surface area contributed by atoms with Crippen molar-refractivity contribution in [3.63, 3.8) is 0 Å². The molecular formula is C34H40N6O5.